The van der Waals surface area contributed by atoms with Gasteiger partial charge in [-0.3, -0.25) is 0 Å². The Morgan fingerprint density at radius 3 is 2.38 bits per heavy atom. The highest BCUT2D eigenvalue weighted by atomic mass is 127. The molecular formula is C23H34INO3Si. The molecular weight excluding hydrogens is 493 g/mol. The van der Waals surface area contributed by atoms with Gasteiger partial charge in [0.1, 0.15) is 11.5 Å². The van der Waals surface area contributed by atoms with Crippen LogP contribution in [0.3, 0.4) is 0 Å². The second-order valence-electron chi connectivity index (χ2n) is 8.52. The molecule has 0 unspecified atom stereocenters. The second kappa shape index (κ2) is 9.70. The summed E-state index contributed by atoms with van der Waals surface area (Å²) in [5.74, 6) is 1.93. The van der Waals surface area contributed by atoms with Gasteiger partial charge < -0.3 is 18.8 Å². The molecule has 0 amide bonds. The van der Waals surface area contributed by atoms with Gasteiger partial charge in [-0.05, 0) is 66.7 Å². The van der Waals surface area contributed by atoms with E-state index < -0.39 is 8.32 Å². The first-order chi connectivity index (χ1) is 13.5. The Morgan fingerprint density at radius 1 is 1.24 bits per heavy atom. The lowest BCUT2D eigenvalue weighted by Crippen LogP contribution is -2.43. The fourth-order valence-corrected chi connectivity index (χ4v) is 4.76. The summed E-state index contributed by atoms with van der Waals surface area (Å²) < 4.78 is 18.6. The summed E-state index contributed by atoms with van der Waals surface area (Å²) in [5, 5.41) is 0. The normalized spacial score (nSPS) is 16.6. The number of fused-ring (bicyclic) bond motifs is 1. The molecule has 1 aromatic carbocycles. The van der Waals surface area contributed by atoms with E-state index in [2.05, 4.69) is 98.9 Å². The Labute approximate surface area is 190 Å². The number of ether oxygens (including phenoxy) is 2. The minimum atomic E-state index is -1.64. The van der Waals surface area contributed by atoms with E-state index in [1.807, 2.05) is 0 Å². The van der Waals surface area contributed by atoms with Crippen molar-refractivity contribution in [1.29, 1.82) is 0 Å². The van der Waals surface area contributed by atoms with Crippen LogP contribution >= 0.6 is 22.6 Å². The van der Waals surface area contributed by atoms with E-state index in [0.717, 1.165) is 31.7 Å². The van der Waals surface area contributed by atoms with Crippen molar-refractivity contribution in [3.63, 3.8) is 0 Å². The highest BCUT2D eigenvalue weighted by Crippen LogP contribution is 2.44. The minimum absolute atomic E-state index is 0.184. The fraction of sp³-hybridized carbons (Fsp3) is 0.478. The molecule has 6 heteroatoms. The number of nitrogens with zero attached hydrogens (tertiary/aromatic N) is 1. The maximum absolute atomic E-state index is 6.34. The van der Waals surface area contributed by atoms with Crippen LogP contribution in [0.4, 0.5) is 5.69 Å². The van der Waals surface area contributed by atoms with E-state index in [1.165, 1.54) is 0 Å². The molecule has 0 fully saturated rings. The van der Waals surface area contributed by atoms with Crippen molar-refractivity contribution in [2.45, 2.75) is 46.5 Å². The molecule has 0 spiro atoms. The molecule has 0 aliphatic carbocycles. The maximum Gasteiger partial charge on any atom is 0.183 e. The Morgan fingerprint density at radius 2 is 1.90 bits per heavy atom. The van der Waals surface area contributed by atoms with E-state index in [4.69, 9.17) is 13.9 Å². The topological polar surface area (TPSA) is 30.9 Å². The maximum atomic E-state index is 6.34. The lowest BCUT2D eigenvalue weighted by Gasteiger charge is -2.40. The number of methoxy groups -OCH3 is 2. The molecule has 0 aromatic heterocycles. The van der Waals surface area contributed by atoms with E-state index in [0.29, 0.717) is 18.3 Å². The van der Waals surface area contributed by atoms with Gasteiger partial charge in [0.05, 0.1) is 36.1 Å². The van der Waals surface area contributed by atoms with Crippen LogP contribution in [-0.2, 0) is 9.16 Å². The number of rotatable bonds is 8. The predicted octanol–water partition coefficient (Wildman–Crippen LogP) is 6.44. The lowest BCUT2D eigenvalue weighted by molar-refractivity contribution is 0.251. The molecule has 0 saturated heterocycles. The van der Waals surface area contributed by atoms with Crippen molar-refractivity contribution in [2.24, 2.45) is 5.92 Å². The van der Waals surface area contributed by atoms with Crippen LogP contribution < -0.4 is 9.64 Å². The molecule has 1 aromatic rings. The number of allylic oxidation sites excluding steroid dienone is 2. The Kier molecular flexibility index (Phi) is 8.04. The average molecular weight is 528 g/mol. The molecule has 1 atom stereocenters. The molecule has 1 heterocycles. The number of hydrogen-bond donors (Lipinski definition) is 0. The van der Waals surface area contributed by atoms with Crippen LogP contribution in [0, 0.1) is 9.49 Å². The molecule has 1 aliphatic heterocycles. The summed E-state index contributed by atoms with van der Waals surface area (Å²) in [6.07, 6.45) is 4.28. The van der Waals surface area contributed by atoms with Gasteiger partial charge in [0.2, 0.25) is 0 Å². The zero-order valence-electron chi connectivity index (χ0n) is 18.9. The number of halogens is 1. The first-order valence-electron chi connectivity index (χ1n) is 9.96. The highest BCUT2D eigenvalue weighted by Gasteiger charge is 2.32. The lowest BCUT2D eigenvalue weighted by atomic mass is 9.90. The fourth-order valence-electron chi connectivity index (χ4n) is 3.40. The van der Waals surface area contributed by atoms with E-state index in [-0.39, 0.29) is 6.04 Å². The standard InChI is InChI=1S/C23H34INO3Si/c1-10-17-18-11-20(24)23(27-6)12-21(18)25(13-19(17)16(4)26-5)22(15(2)3)14-28-29(7,8)9/h10-13,15,22H,4,14H2,1-3,5-9H3/t22-/m1/s1. The molecule has 0 radical (unpaired) electrons. The quantitative estimate of drug-likeness (QED) is 0.221. The Balaban J connectivity index is 2.68. The third kappa shape index (κ3) is 5.47. The van der Waals surface area contributed by atoms with Crippen LogP contribution in [-0.4, -0.2) is 35.2 Å². The summed E-state index contributed by atoms with van der Waals surface area (Å²) in [5.41, 5.74) is 4.41. The van der Waals surface area contributed by atoms with Crippen molar-refractivity contribution >= 4 is 42.2 Å². The van der Waals surface area contributed by atoms with Crippen LogP contribution in [0.2, 0.25) is 19.6 Å². The summed E-state index contributed by atoms with van der Waals surface area (Å²) in [7, 11) is 1.75. The van der Waals surface area contributed by atoms with Crippen LogP contribution in [0.15, 0.2) is 42.3 Å². The van der Waals surface area contributed by atoms with Crippen molar-refractivity contribution in [3.05, 3.63) is 51.5 Å². The van der Waals surface area contributed by atoms with Crippen LogP contribution in [0.1, 0.15) is 26.3 Å². The molecule has 160 valence electrons. The Bertz CT molecular complexity index is 824. The molecule has 29 heavy (non-hydrogen) atoms. The molecule has 2 rings (SSSR count). The first kappa shape index (κ1) is 24.0. The van der Waals surface area contributed by atoms with Gasteiger partial charge in [-0.2, -0.15) is 0 Å². The first-order valence-corrected chi connectivity index (χ1v) is 14.4. The molecule has 0 N–H and O–H groups in total. The SMILES string of the molecule is C=C(OC)C1=CN([C@H](CO[Si](C)(C)C)C(C)C)c2cc(OC)c(I)cc2C1=CC. The van der Waals surface area contributed by atoms with Gasteiger partial charge in [0, 0.05) is 23.4 Å². The largest absolute Gasteiger partial charge is 0.497 e. The van der Waals surface area contributed by atoms with Gasteiger partial charge >= 0.3 is 0 Å². The monoisotopic (exact) mass is 527 g/mol. The highest BCUT2D eigenvalue weighted by molar-refractivity contribution is 14.1. The predicted molar refractivity (Wildman–Crippen MR) is 134 cm³/mol. The number of hydrogen-bond acceptors (Lipinski definition) is 4. The van der Waals surface area contributed by atoms with Crippen molar-refractivity contribution in [3.8, 4) is 5.75 Å². The second-order valence-corrected chi connectivity index (χ2v) is 14.2. The van der Waals surface area contributed by atoms with Gasteiger partial charge in [0.25, 0.3) is 0 Å². The molecule has 1 aliphatic rings. The van der Waals surface area contributed by atoms with Crippen molar-refractivity contribution in [2.75, 3.05) is 25.7 Å². The van der Waals surface area contributed by atoms with E-state index in [9.17, 15) is 0 Å². The van der Waals surface area contributed by atoms with E-state index >= 15 is 0 Å². The van der Waals surface area contributed by atoms with Gasteiger partial charge in [-0.15, -0.1) is 0 Å². The smallest absolute Gasteiger partial charge is 0.183 e. The molecule has 4 nitrogen and oxygen atoms in total. The van der Waals surface area contributed by atoms with Crippen LogP contribution in [0.25, 0.3) is 5.57 Å². The van der Waals surface area contributed by atoms with Gasteiger partial charge in [0.15, 0.2) is 8.32 Å². The minimum Gasteiger partial charge on any atom is -0.497 e. The Hall–Kier alpha value is -1.25. The summed E-state index contributed by atoms with van der Waals surface area (Å²) in [4.78, 5) is 2.32. The van der Waals surface area contributed by atoms with Crippen molar-refractivity contribution < 1.29 is 13.9 Å². The van der Waals surface area contributed by atoms with Gasteiger partial charge in [-0.1, -0.05) is 26.5 Å². The average Bonchev–Trinajstić information content (AvgIpc) is 2.65. The molecule has 0 saturated carbocycles. The van der Waals surface area contributed by atoms with Crippen LogP contribution in [0.5, 0.6) is 5.75 Å². The van der Waals surface area contributed by atoms with Gasteiger partial charge in [-0.25, -0.2) is 0 Å². The third-order valence-electron chi connectivity index (χ3n) is 5.05. The van der Waals surface area contributed by atoms with Crippen molar-refractivity contribution in [1.82, 2.24) is 0 Å². The summed E-state index contributed by atoms with van der Waals surface area (Å²) in [6, 6.07) is 4.50. The molecule has 0 bridgehead atoms. The third-order valence-corrected chi connectivity index (χ3v) is 6.92. The summed E-state index contributed by atoms with van der Waals surface area (Å²) in [6.45, 7) is 18.0. The summed E-state index contributed by atoms with van der Waals surface area (Å²) >= 11 is 2.33. The van der Waals surface area contributed by atoms with E-state index in [1.54, 1.807) is 14.2 Å². The number of benzene rings is 1. The number of anilines is 1. The zero-order chi connectivity index (χ0) is 21.9. The zero-order valence-corrected chi connectivity index (χ0v) is 22.1.